The van der Waals surface area contributed by atoms with Gasteiger partial charge in [-0.3, -0.25) is 4.68 Å². The van der Waals surface area contributed by atoms with E-state index in [0.717, 1.165) is 5.92 Å². The number of nitrogens with zero attached hydrogens (tertiary/aromatic N) is 2. The predicted octanol–water partition coefficient (Wildman–Crippen LogP) is 2.96. The van der Waals surface area contributed by atoms with Crippen LogP contribution in [0.2, 0.25) is 0 Å². The van der Waals surface area contributed by atoms with Crippen LogP contribution in [0.1, 0.15) is 55.8 Å². The Hall–Kier alpha value is -0.830. The smallest absolute Gasteiger partial charge is 0.0540 e. The molecule has 1 unspecified atom stereocenters. The van der Waals surface area contributed by atoms with Gasteiger partial charge in [0.25, 0.3) is 0 Å². The molecule has 1 aliphatic carbocycles. The number of hydrogen-bond acceptors (Lipinski definition) is 2. The molecule has 96 valence electrons. The topological polar surface area (TPSA) is 29.9 Å². The lowest BCUT2D eigenvalue weighted by atomic mass is 9.83. The molecule has 0 radical (unpaired) electrons. The molecule has 0 aromatic carbocycles. The predicted molar refractivity (Wildman–Crippen MR) is 70.9 cm³/mol. The Bertz CT molecular complexity index is 350. The first-order valence-corrected chi connectivity index (χ1v) is 6.88. The summed E-state index contributed by atoms with van der Waals surface area (Å²) in [6, 6.07) is 0.479. The van der Waals surface area contributed by atoms with E-state index >= 15 is 0 Å². The fourth-order valence-corrected chi connectivity index (χ4v) is 3.01. The van der Waals surface area contributed by atoms with Gasteiger partial charge in [0.2, 0.25) is 0 Å². The highest BCUT2D eigenvalue weighted by Gasteiger charge is 2.21. The molecule has 3 nitrogen and oxygen atoms in total. The third-order valence-corrected chi connectivity index (χ3v) is 4.29. The summed E-state index contributed by atoms with van der Waals surface area (Å²) in [7, 11) is 4.09. The Morgan fingerprint density at radius 2 is 2.12 bits per heavy atom. The number of aryl methyl sites for hydroxylation is 1. The van der Waals surface area contributed by atoms with Crippen molar-refractivity contribution in [3.63, 3.8) is 0 Å². The second kappa shape index (κ2) is 5.67. The van der Waals surface area contributed by atoms with Gasteiger partial charge in [0.1, 0.15) is 0 Å². The lowest BCUT2D eigenvalue weighted by Gasteiger charge is -2.26. The van der Waals surface area contributed by atoms with E-state index in [1.54, 1.807) is 0 Å². The second-order valence-corrected chi connectivity index (χ2v) is 5.39. The molecule has 0 amide bonds. The highest BCUT2D eigenvalue weighted by molar-refractivity contribution is 5.20. The Morgan fingerprint density at radius 3 is 2.65 bits per heavy atom. The van der Waals surface area contributed by atoms with Crippen LogP contribution in [0.4, 0.5) is 0 Å². The van der Waals surface area contributed by atoms with Crippen molar-refractivity contribution >= 4 is 0 Å². The molecule has 1 aliphatic rings. The molecule has 0 saturated heterocycles. The average molecular weight is 235 g/mol. The lowest BCUT2D eigenvalue weighted by molar-refractivity contribution is 0.305. The van der Waals surface area contributed by atoms with Crippen LogP contribution in [-0.2, 0) is 7.05 Å². The maximum Gasteiger partial charge on any atom is 0.0540 e. The standard InChI is InChI=1S/C14H25N3/c1-11-13(10-16-17(11)3)14(15-2)9-12-7-5-4-6-8-12/h10,12,14-15H,4-9H2,1-3H3. The van der Waals surface area contributed by atoms with Gasteiger partial charge in [-0.2, -0.15) is 5.10 Å². The summed E-state index contributed by atoms with van der Waals surface area (Å²) in [5.41, 5.74) is 2.67. The summed E-state index contributed by atoms with van der Waals surface area (Å²) >= 11 is 0. The zero-order valence-corrected chi connectivity index (χ0v) is 11.4. The van der Waals surface area contributed by atoms with Crippen molar-refractivity contribution in [3.8, 4) is 0 Å². The molecule has 2 rings (SSSR count). The maximum atomic E-state index is 4.35. The van der Waals surface area contributed by atoms with Crippen LogP contribution in [0.25, 0.3) is 0 Å². The van der Waals surface area contributed by atoms with Crippen LogP contribution < -0.4 is 5.32 Å². The highest BCUT2D eigenvalue weighted by atomic mass is 15.3. The van der Waals surface area contributed by atoms with Gasteiger partial charge >= 0.3 is 0 Å². The van der Waals surface area contributed by atoms with E-state index in [-0.39, 0.29) is 0 Å². The molecule has 3 heteroatoms. The Balaban J connectivity index is 2.03. The van der Waals surface area contributed by atoms with E-state index in [1.807, 2.05) is 17.9 Å². The van der Waals surface area contributed by atoms with Gasteiger partial charge in [-0.05, 0) is 26.3 Å². The molecular formula is C14H25N3. The zero-order valence-electron chi connectivity index (χ0n) is 11.4. The van der Waals surface area contributed by atoms with Gasteiger partial charge in [-0.1, -0.05) is 32.1 Å². The molecular weight excluding hydrogens is 210 g/mol. The van der Waals surface area contributed by atoms with Crippen LogP contribution >= 0.6 is 0 Å². The van der Waals surface area contributed by atoms with Crippen LogP contribution in [0.15, 0.2) is 6.20 Å². The van der Waals surface area contributed by atoms with E-state index < -0.39 is 0 Å². The molecule has 1 aromatic rings. The second-order valence-electron chi connectivity index (χ2n) is 5.39. The summed E-state index contributed by atoms with van der Waals surface area (Å²) in [6.45, 7) is 2.16. The maximum absolute atomic E-state index is 4.35. The van der Waals surface area contributed by atoms with E-state index in [4.69, 9.17) is 0 Å². The summed E-state index contributed by atoms with van der Waals surface area (Å²) < 4.78 is 1.97. The molecule has 0 bridgehead atoms. The number of hydrogen-bond donors (Lipinski definition) is 1. The molecule has 0 aliphatic heterocycles. The number of aromatic nitrogens is 2. The Labute approximate surface area is 105 Å². The normalized spacial score (nSPS) is 19.5. The summed E-state index contributed by atoms with van der Waals surface area (Å²) in [5, 5.41) is 7.82. The van der Waals surface area contributed by atoms with Gasteiger partial charge < -0.3 is 5.32 Å². The fourth-order valence-electron chi connectivity index (χ4n) is 3.01. The SMILES string of the molecule is CNC(CC1CCCCC1)c1cnn(C)c1C. The third kappa shape index (κ3) is 2.89. The van der Waals surface area contributed by atoms with Crippen molar-refractivity contribution in [3.05, 3.63) is 17.5 Å². The molecule has 0 spiro atoms. The number of nitrogens with one attached hydrogen (secondary N) is 1. The van der Waals surface area contributed by atoms with Crippen molar-refractivity contribution in [2.75, 3.05) is 7.05 Å². The molecule has 1 atom stereocenters. The fraction of sp³-hybridized carbons (Fsp3) is 0.786. The van der Waals surface area contributed by atoms with E-state index in [1.165, 1.54) is 49.8 Å². The van der Waals surface area contributed by atoms with Crippen LogP contribution in [0.3, 0.4) is 0 Å². The van der Waals surface area contributed by atoms with Gasteiger partial charge in [-0.25, -0.2) is 0 Å². The average Bonchev–Trinajstić information content (AvgIpc) is 2.69. The lowest BCUT2D eigenvalue weighted by Crippen LogP contribution is -2.21. The van der Waals surface area contributed by atoms with Gasteiger partial charge in [-0.15, -0.1) is 0 Å². The quantitative estimate of drug-likeness (QED) is 0.869. The van der Waals surface area contributed by atoms with E-state index in [2.05, 4.69) is 24.4 Å². The third-order valence-electron chi connectivity index (χ3n) is 4.29. The number of rotatable bonds is 4. The monoisotopic (exact) mass is 235 g/mol. The summed E-state index contributed by atoms with van der Waals surface area (Å²) in [4.78, 5) is 0. The van der Waals surface area contributed by atoms with Crippen molar-refractivity contribution in [2.45, 2.75) is 51.5 Å². The van der Waals surface area contributed by atoms with E-state index in [0.29, 0.717) is 6.04 Å². The zero-order chi connectivity index (χ0) is 12.3. The molecule has 1 aromatic heterocycles. The first-order valence-electron chi connectivity index (χ1n) is 6.88. The van der Waals surface area contributed by atoms with Crippen molar-refractivity contribution < 1.29 is 0 Å². The molecule has 17 heavy (non-hydrogen) atoms. The minimum atomic E-state index is 0.479. The summed E-state index contributed by atoms with van der Waals surface area (Å²) in [5.74, 6) is 0.904. The first kappa shape index (κ1) is 12.6. The van der Waals surface area contributed by atoms with E-state index in [9.17, 15) is 0 Å². The van der Waals surface area contributed by atoms with Crippen molar-refractivity contribution in [1.29, 1.82) is 0 Å². The Kier molecular flexibility index (Phi) is 4.21. The van der Waals surface area contributed by atoms with Gasteiger partial charge in [0.05, 0.1) is 6.20 Å². The minimum absolute atomic E-state index is 0.479. The van der Waals surface area contributed by atoms with Crippen LogP contribution in [0.5, 0.6) is 0 Å². The molecule has 1 saturated carbocycles. The van der Waals surface area contributed by atoms with Crippen LogP contribution in [0, 0.1) is 12.8 Å². The molecule has 1 heterocycles. The highest BCUT2D eigenvalue weighted by Crippen LogP contribution is 2.32. The first-order chi connectivity index (χ1) is 8.22. The van der Waals surface area contributed by atoms with Gasteiger partial charge in [0, 0.05) is 24.3 Å². The molecule has 1 fully saturated rings. The molecule has 1 N–H and O–H groups in total. The minimum Gasteiger partial charge on any atom is -0.313 e. The Morgan fingerprint density at radius 1 is 1.41 bits per heavy atom. The van der Waals surface area contributed by atoms with Crippen molar-refractivity contribution in [2.24, 2.45) is 13.0 Å². The van der Waals surface area contributed by atoms with Crippen LogP contribution in [-0.4, -0.2) is 16.8 Å². The van der Waals surface area contributed by atoms with Crippen molar-refractivity contribution in [1.82, 2.24) is 15.1 Å². The summed E-state index contributed by atoms with van der Waals surface area (Å²) in [6.07, 6.45) is 10.4. The van der Waals surface area contributed by atoms with Gasteiger partial charge in [0.15, 0.2) is 0 Å². The largest absolute Gasteiger partial charge is 0.313 e.